The summed E-state index contributed by atoms with van der Waals surface area (Å²) in [5, 5.41) is 11.7. The Morgan fingerprint density at radius 1 is 1.47 bits per heavy atom. The summed E-state index contributed by atoms with van der Waals surface area (Å²) >= 11 is 0. The van der Waals surface area contributed by atoms with Crippen molar-refractivity contribution < 1.29 is 14.6 Å². The van der Waals surface area contributed by atoms with Gasteiger partial charge in [0.15, 0.2) is 0 Å². The van der Waals surface area contributed by atoms with Gasteiger partial charge in [0.05, 0.1) is 5.56 Å². The molecule has 0 aliphatic rings. The number of hydrogen-bond acceptors (Lipinski definition) is 3. The zero-order chi connectivity index (χ0) is 11.3. The molecule has 0 bridgehead atoms. The lowest BCUT2D eigenvalue weighted by molar-refractivity contribution is 0.0697. The maximum absolute atomic E-state index is 10.6. The Labute approximate surface area is 88.9 Å². The summed E-state index contributed by atoms with van der Waals surface area (Å²) < 4.78 is 5.44. The molecule has 1 atom stereocenters. The van der Waals surface area contributed by atoms with Gasteiger partial charge in [-0.15, -0.1) is 0 Å². The Bertz CT molecular complexity index is 321. The van der Waals surface area contributed by atoms with Gasteiger partial charge in [-0.3, -0.25) is 0 Å². The highest BCUT2D eigenvalue weighted by atomic mass is 16.5. The zero-order valence-corrected chi connectivity index (χ0v) is 8.86. The monoisotopic (exact) mass is 209 g/mol. The molecule has 0 saturated heterocycles. The van der Waals surface area contributed by atoms with E-state index in [1.807, 2.05) is 14.0 Å². The van der Waals surface area contributed by atoms with Crippen LogP contribution in [-0.2, 0) is 0 Å². The molecule has 4 nitrogen and oxygen atoms in total. The Hall–Kier alpha value is -1.55. The SMILES string of the molecule is CNC(C)COc1ccc(C(=O)O)cc1. The fraction of sp³-hybridized carbons (Fsp3) is 0.364. The average molecular weight is 209 g/mol. The van der Waals surface area contributed by atoms with Crippen LogP contribution in [0.1, 0.15) is 17.3 Å². The Balaban J connectivity index is 2.53. The number of benzene rings is 1. The Morgan fingerprint density at radius 2 is 2.07 bits per heavy atom. The van der Waals surface area contributed by atoms with E-state index < -0.39 is 5.97 Å². The van der Waals surface area contributed by atoms with Crippen LogP contribution in [0, 0.1) is 0 Å². The van der Waals surface area contributed by atoms with Crippen molar-refractivity contribution in [3.8, 4) is 5.75 Å². The predicted octanol–water partition coefficient (Wildman–Crippen LogP) is 1.37. The van der Waals surface area contributed by atoms with E-state index in [1.165, 1.54) is 12.1 Å². The van der Waals surface area contributed by atoms with Crippen molar-refractivity contribution in [2.45, 2.75) is 13.0 Å². The molecule has 0 aliphatic heterocycles. The van der Waals surface area contributed by atoms with E-state index in [1.54, 1.807) is 12.1 Å². The van der Waals surface area contributed by atoms with Crippen molar-refractivity contribution in [2.24, 2.45) is 0 Å². The normalized spacial score (nSPS) is 12.1. The molecule has 0 saturated carbocycles. The second-order valence-corrected chi connectivity index (χ2v) is 3.33. The number of carbonyl (C=O) groups is 1. The molecule has 1 unspecified atom stereocenters. The first-order chi connectivity index (χ1) is 7.13. The van der Waals surface area contributed by atoms with Gasteiger partial charge in [-0.1, -0.05) is 0 Å². The molecule has 0 spiro atoms. The maximum Gasteiger partial charge on any atom is 0.335 e. The smallest absolute Gasteiger partial charge is 0.335 e. The molecule has 0 aromatic heterocycles. The van der Waals surface area contributed by atoms with Gasteiger partial charge in [0.2, 0.25) is 0 Å². The van der Waals surface area contributed by atoms with Crippen molar-refractivity contribution in [1.82, 2.24) is 5.32 Å². The highest BCUT2D eigenvalue weighted by Gasteiger charge is 2.03. The number of hydrogen-bond donors (Lipinski definition) is 2. The molecule has 0 amide bonds. The van der Waals surface area contributed by atoms with Crippen molar-refractivity contribution >= 4 is 5.97 Å². The molecule has 0 heterocycles. The first-order valence-electron chi connectivity index (χ1n) is 4.77. The molecule has 4 heteroatoms. The Morgan fingerprint density at radius 3 is 2.53 bits per heavy atom. The topological polar surface area (TPSA) is 58.6 Å². The summed E-state index contributed by atoms with van der Waals surface area (Å²) in [6.07, 6.45) is 0. The lowest BCUT2D eigenvalue weighted by Crippen LogP contribution is -2.28. The van der Waals surface area contributed by atoms with Gasteiger partial charge in [0.1, 0.15) is 12.4 Å². The fourth-order valence-electron chi connectivity index (χ4n) is 0.998. The van der Waals surface area contributed by atoms with Crippen molar-refractivity contribution in [3.05, 3.63) is 29.8 Å². The number of rotatable bonds is 5. The lowest BCUT2D eigenvalue weighted by atomic mass is 10.2. The summed E-state index contributed by atoms with van der Waals surface area (Å²) in [5.41, 5.74) is 0.268. The number of nitrogens with one attached hydrogen (secondary N) is 1. The fourth-order valence-corrected chi connectivity index (χ4v) is 0.998. The van der Waals surface area contributed by atoms with Gasteiger partial charge in [-0.25, -0.2) is 4.79 Å². The number of carboxylic acids is 1. The summed E-state index contributed by atoms with van der Waals surface area (Å²) in [6.45, 7) is 2.56. The third-order valence-corrected chi connectivity index (χ3v) is 2.09. The van der Waals surface area contributed by atoms with Gasteiger partial charge in [-0.2, -0.15) is 0 Å². The van der Waals surface area contributed by atoms with Crippen LogP contribution in [0.3, 0.4) is 0 Å². The maximum atomic E-state index is 10.6. The number of aromatic carboxylic acids is 1. The van der Waals surface area contributed by atoms with E-state index in [9.17, 15) is 4.79 Å². The number of carboxylic acid groups (broad SMARTS) is 1. The first kappa shape index (κ1) is 11.5. The summed E-state index contributed by atoms with van der Waals surface area (Å²) in [6, 6.07) is 6.64. The van der Waals surface area contributed by atoms with Crippen molar-refractivity contribution in [1.29, 1.82) is 0 Å². The molecule has 0 fully saturated rings. The Kier molecular flexibility index (Phi) is 4.12. The minimum absolute atomic E-state index is 0.268. The van der Waals surface area contributed by atoms with E-state index in [-0.39, 0.29) is 11.6 Å². The van der Waals surface area contributed by atoms with Crippen molar-refractivity contribution in [3.63, 3.8) is 0 Å². The van der Waals surface area contributed by atoms with Gasteiger partial charge in [0.25, 0.3) is 0 Å². The molecular formula is C11H15NO3. The van der Waals surface area contributed by atoms with Crippen LogP contribution < -0.4 is 10.1 Å². The summed E-state index contributed by atoms with van der Waals surface area (Å²) in [7, 11) is 1.86. The van der Waals surface area contributed by atoms with Crippen LogP contribution >= 0.6 is 0 Å². The van der Waals surface area contributed by atoms with E-state index >= 15 is 0 Å². The summed E-state index contributed by atoms with van der Waals surface area (Å²) in [4.78, 5) is 10.6. The average Bonchev–Trinajstić information content (AvgIpc) is 2.26. The van der Waals surface area contributed by atoms with Gasteiger partial charge in [-0.05, 0) is 38.2 Å². The van der Waals surface area contributed by atoms with Crippen molar-refractivity contribution in [2.75, 3.05) is 13.7 Å². The van der Waals surface area contributed by atoms with Crippen LogP contribution in [0.15, 0.2) is 24.3 Å². The molecule has 15 heavy (non-hydrogen) atoms. The van der Waals surface area contributed by atoms with Crippen LogP contribution in [0.5, 0.6) is 5.75 Å². The number of ether oxygens (including phenoxy) is 1. The highest BCUT2D eigenvalue weighted by molar-refractivity contribution is 5.87. The second-order valence-electron chi connectivity index (χ2n) is 3.33. The van der Waals surface area contributed by atoms with Crippen LogP contribution in [-0.4, -0.2) is 30.8 Å². The molecule has 1 aromatic carbocycles. The van der Waals surface area contributed by atoms with E-state index in [0.29, 0.717) is 12.4 Å². The molecule has 1 aromatic rings. The number of likely N-dealkylation sites (N-methyl/N-ethyl adjacent to an activating group) is 1. The van der Waals surface area contributed by atoms with E-state index in [2.05, 4.69) is 5.32 Å². The molecule has 82 valence electrons. The van der Waals surface area contributed by atoms with Crippen LogP contribution in [0.2, 0.25) is 0 Å². The molecule has 0 radical (unpaired) electrons. The lowest BCUT2D eigenvalue weighted by Gasteiger charge is -2.11. The minimum Gasteiger partial charge on any atom is -0.492 e. The van der Waals surface area contributed by atoms with Gasteiger partial charge < -0.3 is 15.2 Å². The van der Waals surface area contributed by atoms with Gasteiger partial charge >= 0.3 is 5.97 Å². The molecule has 1 rings (SSSR count). The quantitative estimate of drug-likeness (QED) is 0.769. The zero-order valence-electron chi connectivity index (χ0n) is 8.86. The van der Waals surface area contributed by atoms with Crippen LogP contribution in [0.4, 0.5) is 0 Å². The van der Waals surface area contributed by atoms with Gasteiger partial charge in [0, 0.05) is 6.04 Å². The third-order valence-electron chi connectivity index (χ3n) is 2.09. The third kappa shape index (κ3) is 3.59. The minimum atomic E-state index is -0.926. The largest absolute Gasteiger partial charge is 0.492 e. The summed E-state index contributed by atoms with van der Waals surface area (Å²) in [5.74, 6) is -0.243. The second kappa shape index (κ2) is 5.36. The van der Waals surface area contributed by atoms with E-state index in [4.69, 9.17) is 9.84 Å². The molecular weight excluding hydrogens is 194 g/mol. The predicted molar refractivity (Wildman–Crippen MR) is 57.4 cm³/mol. The van der Waals surface area contributed by atoms with E-state index in [0.717, 1.165) is 0 Å². The standard InChI is InChI=1S/C11H15NO3/c1-8(12-2)7-15-10-5-3-9(4-6-10)11(13)14/h3-6,8,12H,7H2,1-2H3,(H,13,14). The van der Waals surface area contributed by atoms with Crippen LogP contribution in [0.25, 0.3) is 0 Å². The first-order valence-corrected chi connectivity index (χ1v) is 4.77. The molecule has 0 aliphatic carbocycles. The highest BCUT2D eigenvalue weighted by Crippen LogP contribution is 2.12. The molecule has 2 N–H and O–H groups in total.